The maximum Gasteiger partial charge on any atom is 0.490 e. The Balaban J connectivity index is 0.000000639. The van der Waals surface area contributed by atoms with E-state index in [1.54, 1.807) is 19.2 Å². The maximum atomic E-state index is 13.1. The third-order valence-corrected chi connectivity index (χ3v) is 18.7. The van der Waals surface area contributed by atoms with Gasteiger partial charge in [0.05, 0.1) is 6.33 Å². The molecule has 1 fully saturated rings. The van der Waals surface area contributed by atoms with Crippen molar-refractivity contribution in [3.63, 3.8) is 0 Å². The summed E-state index contributed by atoms with van der Waals surface area (Å²) < 4.78 is 105. The quantitative estimate of drug-likeness (QED) is 0.0216. The molecule has 0 aliphatic carbocycles. The second kappa shape index (κ2) is 31.9. The number of aromatic amines is 2. The molecule has 0 spiro atoms. The van der Waals surface area contributed by atoms with Gasteiger partial charge in [0.2, 0.25) is 5.95 Å². The van der Waals surface area contributed by atoms with Gasteiger partial charge in [-0.25, -0.2) is 37.2 Å². The molecular formula is C44H72N8O24P6. The number of rotatable bonds is 31. The number of aliphatic hydroxyl groups excluding tert-OH is 1. The number of allylic oxidation sites excluding steroid dienone is 10. The highest BCUT2D eigenvalue weighted by atomic mass is 31.3. The van der Waals surface area contributed by atoms with E-state index in [-0.39, 0.29) is 5.69 Å². The second-order valence-electron chi connectivity index (χ2n) is 19.0. The molecule has 0 radical (unpaired) electrons. The molecule has 1 aliphatic heterocycles. The van der Waals surface area contributed by atoms with Crippen molar-refractivity contribution in [2.45, 2.75) is 144 Å². The van der Waals surface area contributed by atoms with Gasteiger partial charge in [-0.1, -0.05) is 69.9 Å². The van der Waals surface area contributed by atoms with Crippen molar-refractivity contribution < 1.29 is 103 Å². The van der Waals surface area contributed by atoms with Crippen molar-refractivity contribution in [1.29, 1.82) is 0 Å². The largest absolute Gasteiger partial charge is 0.490 e. The first kappa shape index (κ1) is 72.3. The Morgan fingerprint density at radius 3 is 1.68 bits per heavy atom. The minimum absolute atomic E-state index is 0.329. The molecule has 0 amide bonds. The van der Waals surface area contributed by atoms with E-state index in [9.17, 15) is 61.7 Å². The van der Waals surface area contributed by atoms with Crippen LogP contribution in [0.25, 0.3) is 11.2 Å². The molecule has 0 bridgehead atoms. The third kappa shape index (κ3) is 27.8. The molecule has 0 saturated carbocycles. The van der Waals surface area contributed by atoms with Crippen LogP contribution in [0.15, 0.2) is 98.1 Å². The highest BCUT2D eigenvalue weighted by molar-refractivity contribution is 7.67. The van der Waals surface area contributed by atoms with Crippen molar-refractivity contribution in [3.8, 4) is 0 Å². The van der Waals surface area contributed by atoms with Gasteiger partial charge in [0.25, 0.3) is 5.56 Å². The number of fused-ring (bicyclic) bond motifs is 1. The van der Waals surface area contributed by atoms with E-state index < -0.39 is 107 Å². The number of ether oxygens (including phenoxy) is 1. The van der Waals surface area contributed by atoms with E-state index in [2.05, 4.69) is 99.5 Å². The SMILES string of the molecule is CC(C)=CCCC(C)=CCCC(C)=CCC(OP(=O)(O)OP(=O)(O)OP(=O)(O)O)[C@H]1O[C@@H](n2cnc3c(=O)[nH]c(N)nc32)[C@H](O)[C@@H]1OP(=O)(O)OP(=O)(O)OP(=O)(O)O.CC(C)=CCCC(C)=CCCC(C)=CCNc1cc[nH]c(=O)n1. The summed E-state index contributed by atoms with van der Waals surface area (Å²) in [5.74, 6) is 0.120. The van der Waals surface area contributed by atoms with E-state index in [0.717, 1.165) is 60.6 Å². The number of nitrogens with zero attached hydrogens (tertiary/aromatic N) is 4. The minimum Gasteiger partial charge on any atom is -0.386 e. The van der Waals surface area contributed by atoms with Crippen LogP contribution in [0.3, 0.4) is 0 Å². The van der Waals surface area contributed by atoms with E-state index in [1.807, 2.05) is 26.8 Å². The molecule has 0 aromatic carbocycles. The Morgan fingerprint density at radius 2 is 1.18 bits per heavy atom. The summed E-state index contributed by atoms with van der Waals surface area (Å²) in [5.41, 5.74) is 10.5. The molecule has 3 aromatic rings. The van der Waals surface area contributed by atoms with E-state index >= 15 is 0 Å². The molecule has 1 saturated heterocycles. The van der Waals surface area contributed by atoms with Crippen LogP contribution >= 0.6 is 46.9 Å². The zero-order chi connectivity index (χ0) is 62.0. The number of hydrogen-bond acceptors (Lipinski definition) is 21. The summed E-state index contributed by atoms with van der Waals surface area (Å²) in [5, 5.41) is 14.6. The Bertz CT molecular complexity index is 3260. The zero-order valence-corrected chi connectivity index (χ0v) is 51.2. The van der Waals surface area contributed by atoms with Crippen LogP contribution in [-0.4, -0.2) is 105 Å². The smallest absolute Gasteiger partial charge is 0.386 e. The summed E-state index contributed by atoms with van der Waals surface area (Å²) >= 11 is 0. The van der Waals surface area contributed by atoms with Gasteiger partial charge in [0.15, 0.2) is 17.4 Å². The van der Waals surface area contributed by atoms with Crippen molar-refractivity contribution in [1.82, 2.24) is 29.5 Å². The van der Waals surface area contributed by atoms with Crippen molar-refractivity contribution in [2.24, 2.45) is 0 Å². The Labute approximate surface area is 471 Å². The number of aromatic nitrogens is 6. The van der Waals surface area contributed by atoms with Gasteiger partial charge in [-0.15, -0.1) is 0 Å². The number of hydrogen-bond donors (Lipinski definition) is 13. The van der Waals surface area contributed by atoms with Gasteiger partial charge in [0.1, 0.15) is 30.2 Å². The molecule has 4 rings (SSSR count). The summed E-state index contributed by atoms with van der Waals surface area (Å²) in [7, 11) is -36.4. The number of H-pyrrole nitrogens is 2. The molecule has 462 valence electrons. The lowest BCUT2D eigenvalue weighted by Crippen LogP contribution is -2.41. The summed E-state index contributed by atoms with van der Waals surface area (Å²) in [6, 6.07) is 1.75. The number of aliphatic hydroxyl groups is 1. The number of nitrogen functional groups attached to an aromatic ring is 1. The van der Waals surface area contributed by atoms with Crippen LogP contribution in [0.5, 0.6) is 0 Å². The van der Waals surface area contributed by atoms with Gasteiger partial charge >= 0.3 is 52.6 Å². The van der Waals surface area contributed by atoms with Crippen LogP contribution in [0.4, 0.5) is 11.8 Å². The molecule has 1 aliphatic rings. The van der Waals surface area contributed by atoms with Crippen molar-refractivity contribution in [2.75, 3.05) is 17.6 Å². The highest BCUT2D eigenvalue weighted by Crippen LogP contribution is 2.69. The summed E-state index contributed by atoms with van der Waals surface area (Å²) in [6.45, 7) is 16.7. The summed E-state index contributed by atoms with van der Waals surface area (Å²) in [6.07, 6.45) is 9.47. The van der Waals surface area contributed by atoms with Crippen molar-refractivity contribution >= 4 is 69.9 Å². The van der Waals surface area contributed by atoms with Crippen LogP contribution in [0.2, 0.25) is 0 Å². The molecule has 32 nitrogen and oxygen atoms in total. The van der Waals surface area contributed by atoms with Crippen molar-refractivity contribution in [3.05, 3.63) is 109 Å². The van der Waals surface area contributed by atoms with Crippen LogP contribution in [-0.2, 0) is 58.4 Å². The molecule has 3 aromatic heterocycles. The average molecular weight is 1280 g/mol. The fraction of sp³-hybridized carbons (Fsp3) is 0.523. The van der Waals surface area contributed by atoms with Gasteiger partial charge in [-0.05, 0) is 119 Å². The first-order valence-electron chi connectivity index (χ1n) is 24.6. The van der Waals surface area contributed by atoms with Crippen LogP contribution in [0.1, 0.15) is 119 Å². The molecule has 38 heteroatoms. The molecule has 14 N–H and O–H groups in total. The third-order valence-electron chi connectivity index (χ3n) is 11.0. The number of imidazole rings is 1. The van der Waals surface area contributed by atoms with Crippen LogP contribution in [0, 0.1) is 0 Å². The molecular weight excluding hydrogens is 1210 g/mol. The van der Waals surface area contributed by atoms with Gasteiger partial charge < -0.3 is 65.0 Å². The lowest BCUT2D eigenvalue weighted by atomic mass is 10.0. The standard InChI is InChI=1S/C25H43N5O23P6.C19H29N3O/c1-14(2)7-5-8-15(3)9-6-10-16(4)11-12-17(48-56(39,40)52-58(43,44)50-54(33,34)35)20-21(49-57(41,42)53-59(45,46)51-55(36,37)38)19(31)24(47-20)30-13-27-18-22(30)28-25(26)29-23(18)32;1-15(2)7-5-8-16(3)9-6-10-17(4)11-13-20-18-12-14-21-19(23)22-18/h7,9,11,13,17,19-21,24,31H,5-6,8,10,12H2,1-4H3,(H,39,40)(H,41,42)(H,43,44)(H,45,46)(H2,33,34,35)(H2,36,37,38)(H3,26,28,29,32);7,9,11-12,14H,5-6,8,10,13H2,1-4H3,(H2,20,21,22,23)/t17?,19-,20-,21+,24-;/m1./s1. The summed E-state index contributed by atoms with van der Waals surface area (Å²) in [4.78, 5) is 116. The van der Waals surface area contributed by atoms with Crippen LogP contribution < -0.4 is 22.3 Å². The normalized spacial score (nSPS) is 20.8. The van der Waals surface area contributed by atoms with Gasteiger partial charge in [-0.2, -0.15) is 27.2 Å². The highest BCUT2D eigenvalue weighted by Gasteiger charge is 2.55. The Morgan fingerprint density at radius 1 is 0.695 bits per heavy atom. The fourth-order valence-electron chi connectivity index (χ4n) is 7.41. The lowest BCUT2D eigenvalue weighted by molar-refractivity contribution is -0.0790. The Hall–Kier alpha value is -3.99. The fourth-order valence-corrected chi connectivity index (χ4v) is 13.8. The number of nitrogens with one attached hydrogen (secondary N) is 3. The number of phosphoric acid groups is 6. The van der Waals surface area contributed by atoms with Gasteiger partial charge in [-0.3, -0.25) is 23.4 Å². The van der Waals surface area contributed by atoms with Gasteiger partial charge in [0, 0.05) is 12.7 Å². The maximum absolute atomic E-state index is 13.1. The lowest BCUT2D eigenvalue weighted by Gasteiger charge is -2.29. The zero-order valence-electron chi connectivity index (χ0n) is 45.9. The van der Waals surface area contributed by atoms with E-state index in [4.69, 9.17) is 39.1 Å². The first-order valence-corrected chi connectivity index (χ1v) is 33.7. The predicted octanol–water partition coefficient (Wildman–Crippen LogP) is 7.79. The number of nitrogens with two attached hydrogens (primary N) is 1. The Kier molecular flexibility index (Phi) is 28.2. The average Bonchev–Trinajstić information content (AvgIpc) is 3.85. The molecule has 9 atom stereocenters. The second-order valence-corrected chi connectivity index (χ2v) is 27.7. The molecule has 82 heavy (non-hydrogen) atoms. The number of anilines is 2. The monoisotopic (exact) mass is 1280 g/mol. The molecule has 4 heterocycles. The predicted molar refractivity (Wildman–Crippen MR) is 299 cm³/mol. The van der Waals surface area contributed by atoms with E-state index in [0.29, 0.717) is 30.8 Å². The molecule has 5 unspecified atom stereocenters. The van der Waals surface area contributed by atoms with E-state index in [1.165, 1.54) is 22.8 Å². The minimum atomic E-state index is -6.19. The number of phosphoric ester groups is 2. The first-order chi connectivity index (χ1) is 37.7. The topological polar surface area (TPSA) is 496 Å².